The Labute approximate surface area is 146 Å². The van der Waals surface area contributed by atoms with Crippen molar-refractivity contribution in [2.75, 3.05) is 0 Å². The molecule has 0 heterocycles. The van der Waals surface area contributed by atoms with E-state index in [9.17, 15) is 0 Å². The lowest BCUT2D eigenvalue weighted by molar-refractivity contribution is 0.0447. The van der Waals surface area contributed by atoms with Gasteiger partial charge in [0.25, 0.3) is 0 Å². The van der Waals surface area contributed by atoms with Crippen molar-refractivity contribution < 1.29 is 4.74 Å². The average molecular weight is 323 g/mol. The molecule has 0 fully saturated rings. The standard InChI is InChI=1S/C22H42O/c1-7-9-10-11-12-13-14-16-21(4)19-23-22(5,6)18-15-17-20(3)8-2/h8,19-20H,2,7,9-18H2,1,3-6H3. The molecule has 0 N–H and O–H groups in total. The lowest BCUT2D eigenvalue weighted by Crippen LogP contribution is -2.22. The quantitative estimate of drug-likeness (QED) is 0.170. The predicted octanol–water partition coefficient (Wildman–Crippen LogP) is 7.82. The van der Waals surface area contributed by atoms with E-state index in [2.05, 4.69) is 41.2 Å². The SMILES string of the molecule is C=CC(C)CCCC(C)(C)OC=C(C)CCCCCCCCC. The normalized spacial score (nSPS) is 13.9. The maximum Gasteiger partial charge on any atom is 0.103 e. The molecule has 0 rings (SSSR count). The van der Waals surface area contributed by atoms with Gasteiger partial charge in [-0.25, -0.2) is 0 Å². The van der Waals surface area contributed by atoms with Crippen LogP contribution < -0.4 is 0 Å². The van der Waals surface area contributed by atoms with Crippen LogP contribution in [0.2, 0.25) is 0 Å². The van der Waals surface area contributed by atoms with Gasteiger partial charge in [-0.15, -0.1) is 6.58 Å². The highest BCUT2D eigenvalue weighted by Gasteiger charge is 2.17. The second-order valence-corrected chi connectivity index (χ2v) is 7.82. The van der Waals surface area contributed by atoms with Gasteiger partial charge >= 0.3 is 0 Å². The lowest BCUT2D eigenvalue weighted by Gasteiger charge is -2.25. The van der Waals surface area contributed by atoms with E-state index in [-0.39, 0.29) is 5.60 Å². The molecule has 0 aromatic heterocycles. The molecule has 0 amide bonds. The molecule has 0 radical (unpaired) electrons. The minimum Gasteiger partial charge on any atom is -0.496 e. The molecule has 0 spiro atoms. The molecule has 0 aromatic rings. The summed E-state index contributed by atoms with van der Waals surface area (Å²) < 4.78 is 6.03. The fraction of sp³-hybridized carbons (Fsp3) is 0.818. The molecule has 0 aliphatic carbocycles. The van der Waals surface area contributed by atoms with Crippen LogP contribution in [0.15, 0.2) is 24.5 Å². The van der Waals surface area contributed by atoms with Gasteiger partial charge in [0.05, 0.1) is 6.26 Å². The van der Waals surface area contributed by atoms with Gasteiger partial charge in [0.15, 0.2) is 0 Å². The summed E-state index contributed by atoms with van der Waals surface area (Å²) in [7, 11) is 0. The summed E-state index contributed by atoms with van der Waals surface area (Å²) >= 11 is 0. The fourth-order valence-electron chi connectivity index (χ4n) is 2.71. The first kappa shape index (κ1) is 22.3. The maximum absolute atomic E-state index is 6.03. The molecule has 23 heavy (non-hydrogen) atoms. The second-order valence-electron chi connectivity index (χ2n) is 7.82. The zero-order chi connectivity index (χ0) is 17.6. The van der Waals surface area contributed by atoms with E-state index in [1.54, 1.807) is 0 Å². The first-order valence-electron chi connectivity index (χ1n) is 9.87. The summed E-state index contributed by atoms with van der Waals surface area (Å²) in [5.74, 6) is 0.611. The second kappa shape index (κ2) is 13.7. The zero-order valence-electron chi connectivity index (χ0n) is 16.6. The minimum absolute atomic E-state index is 0.0533. The monoisotopic (exact) mass is 322 g/mol. The Kier molecular flexibility index (Phi) is 13.3. The van der Waals surface area contributed by atoms with Gasteiger partial charge in [0.1, 0.15) is 5.60 Å². The molecule has 1 unspecified atom stereocenters. The van der Waals surface area contributed by atoms with Crippen molar-refractivity contribution in [1.82, 2.24) is 0 Å². The summed E-state index contributed by atoms with van der Waals surface area (Å²) in [5.41, 5.74) is 1.33. The highest BCUT2D eigenvalue weighted by Crippen LogP contribution is 2.22. The van der Waals surface area contributed by atoms with E-state index in [0.29, 0.717) is 5.92 Å². The number of hydrogen-bond donors (Lipinski definition) is 0. The van der Waals surface area contributed by atoms with E-state index < -0.39 is 0 Å². The summed E-state index contributed by atoms with van der Waals surface area (Å²) in [6.07, 6.45) is 18.3. The Bertz CT molecular complexity index is 314. The molecule has 136 valence electrons. The third-order valence-corrected chi connectivity index (χ3v) is 4.59. The minimum atomic E-state index is -0.0533. The van der Waals surface area contributed by atoms with Gasteiger partial charge in [-0.2, -0.15) is 0 Å². The van der Waals surface area contributed by atoms with E-state index >= 15 is 0 Å². The van der Waals surface area contributed by atoms with Crippen molar-refractivity contribution >= 4 is 0 Å². The molecule has 0 saturated carbocycles. The highest BCUT2D eigenvalue weighted by atomic mass is 16.5. The van der Waals surface area contributed by atoms with Crippen molar-refractivity contribution in [1.29, 1.82) is 0 Å². The fourth-order valence-corrected chi connectivity index (χ4v) is 2.71. The van der Waals surface area contributed by atoms with Gasteiger partial charge in [0.2, 0.25) is 0 Å². The van der Waals surface area contributed by atoms with Gasteiger partial charge in [-0.3, -0.25) is 0 Å². The summed E-state index contributed by atoms with van der Waals surface area (Å²) in [6.45, 7) is 14.9. The largest absolute Gasteiger partial charge is 0.496 e. The van der Waals surface area contributed by atoms with Crippen LogP contribution in [0.1, 0.15) is 105 Å². The number of ether oxygens (including phenoxy) is 1. The van der Waals surface area contributed by atoms with Gasteiger partial charge in [-0.1, -0.05) is 58.4 Å². The van der Waals surface area contributed by atoms with Crippen LogP contribution >= 0.6 is 0 Å². The third-order valence-electron chi connectivity index (χ3n) is 4.59. The summed E-state index contributed by atoms with van der Waals surface area (Å²) in [5, 5.41) is 0. The third kappa shape index (κ3) is 14.6. The van der Waals surface area contributed by atoms with Crippen LogP contribution in [0.25, 0.3) is 0 Å². The topological polar surface area (TPSA) is 9.23 Å². The molecule has 0 aromatic carbocycles. The van der Waals surface area contributed by atoms with Crippen molar-refractivity contribution in [3.8, 4) is 0 Å². The maximum atomic E-state index is 6.03. The molecule has 0 bridgehead atoms. The van der Waals surface area contributed by atoms with Crippen molar-refractivity contribution in [3.63, 3.8) is 0 Å². The summed E-state index contributed by atoms with van der Waals surface area (Å²) in [4.78, 5) is 0. The first-order valence-corrected chi connectivity index (χ1v) is 9.87. The Morgan fingerprint density at radius 3 is 2.26 bits per heavy atom. The van der Waals surface area contributed by atoms with Gasteiger partial charge in [0, 0.05) is 0 Å². The van der Waals surface area contributed by atoms with Gasteiger partial charge in [-0.05, 0) is 64.4 Å². The smallest absolute Gasteiger partial charge is 0.103 e. The van der Waals surface area contributed by atoms with Crippen LogP contribution in [-0.2, 0) is 4.74 Å². The molecular weight excluding hydrogens is 280 g/mol. The Balaban J connectivity index is 3.78. The van der Waals surface area contributed by atoms with E-state index in [0.717, 1.165) is 6.42 Å². The van der Waals surface area contributed by atoms with Gasteiger partial charge < -0.3 is 4.74 Å². The van der Waals surface area contributed by atoms with Crippen molar-refractivity contribution in [2.45, 2.75) is 111 Å². The molecule has 0 saturated heterocycles. The van der Waals surface area contributed by atoms with E-state index in [4.69, 9.17) is 4.74 Å². The molecule has 1 nitrogen and oxygen atoms in total. The number of rotatable bonds is 15. The predicted molar refractivity (Wildman–Crippen MR) is 105 cm³/mol. The van der Waals surface area contributed by atoms with Crippen LogP contribution in [0.4, 0.5) is 0 Å². The van der Waals surface area contributed by atoms with Crippen LogP contribution in [-0.4, -0.2) is 5.60 Å². The van der Waals surface area contributed by atoms with Crippen molar-refractivity contribution in [3.05, 3.63) is 24.5 Å². The zero-order valence-corrected chi connectivity index (χ0v) is 16.6. The summed E-state index contributed by atoms with van der Waals surface area (Å²) in [6, 6.07) is 0. The molecule has 0 aliphatic rings. The molecular formula is C22H42O. The molecule has 1 heteroatoms. The van der Waals surface area contributed by atoms with Crippen LogP contribution in [0, 0.1) is 5.92 Å². The highest BCUT2D eigenvalue weighted by molar-refractivity contribution is 4.94. The van der Waals surface area contributed by atoms with Crippen LogP contribution in [0.5, 0.6) is 0 Å². The molecule has 1 atom stereocenters. The van der Waals surface area contributed by atoms with Crippen LogP contribution in [0.3, 0.4) is 0 Å². The average Bonchev–Trinajstić information content (AvgIpc) is 2.51. The first-order chi connectivity index (χ1) is 10.9. The van der Waals surface area contributed by atoms with E-state index in [1.807, 2.05) is 12.3 Å². The van der Waals surface area contributed by atoms with E-state index in [1.165, 1.54) is 69.8 Å². The number of allylic oxidation sites excluding steroid dienone is 2. The molecule has 0 aliphatic heterocycles. The Morgan fingerprint density at radius 2 is 1.65 bits per heavy atom. The lowest BCUT2D eigenvalue weighted by atomic mass is 9.97. The van der Waals surface area contributed by atoms with Crippen molar-refractivity contribution in [2.24, 2.45) is 5.92 Å². The Morgan fingerprint density at radius 1 is 1.04 bits per heavy atom. The number of unbranched alkanes of at least 4 members (excludes halogenated alkanes) is 6. The Hall–Kier alpha value is -0.720. The number of hydrogen-bond acceptors (Lipinski definition) is 1.